The Hall–Kier alpha value is -0.770. The molecule has 1 heterocycles. The van der Waals surface area contributed by atoms with Gasteiger partial charge in [0.15, 0.2) is 6.10 Å². The third-order valence-corrected chi connectivity index (χ3v) is 2.32. The third-order valence-electron chi connectivity index (χ3n) is 2.32. The maximum absolute atomic E-state index is 10.8. The fourth-order valence-electron chi connectivity index (χ4n) is 1.51. The summed E-state index contributed by atoms with van der Waals surface area (Å²) in [5.41, 5.74) is 0. The minimum absolute atomic E-state index is 0.688. The van der Waals surface area contributed by atoms with Gasteiger partial charge in [-0.2, -0.15) is 0 Å². The Morgan fingerprint density at radius 3 is 2.38 bits per heavy atom. The molecule has 94 valence electrons. The number of rotatable bonds is 2. The lowest BCUT2D eigenvalue weighted by Crippen LogP contribution is -2.71. The molecule has 0 aromatic heterocycles. The predicted octanol–water partition coefficient (Wildman–Crippen LogP) is -3.76. The molecule has 0 radical (unpaired) electrons. The Labute approximate surface area is 91.1 Å². The Morgan fingerprint density at radius 1 is 1.38 bits per heavy atom. The van der Waals surface area contributed by atoms with E-state index in [9.17, 15) is 25.2 Å². The van der Waals surface area contributed by atoms with Gasteiger partial charge in [-0.3, -0.25) is 4.79 Å². The molecule has 1 rings (SSSR count). The van der Waals surface area contributed by atoms with Crippen LogP contribution in [0.1, 0.15) is 6.92 Å². The summed E-state index contributed by atoms with van der Waals surface area (Å²) in [4.78, 5) is 10.8. The quantitative estimate of drug-likeness (QED) is 0.271. The van der Waals surface area contributed by atoms with Crippen molar-refractivity contribution in [3.8, 4) is 0 Å². The highest BCUT2D eigenvalue weighted by Gasteiger charge is 2.53. The van der Waals surface area contributed by atoms with Gasteiger partial charge in [-0.05, 0) is 0 Å². The van der Waals surface area contributed by atoms with Crippen molar-refractivity contribution in [1.82, 2.24) is 5.32 Å². The number of amides is 1. The second-order valence-corrected chi connectivity index (χ2v) is 3.64. The molecule has 0 saturated carbocycles. The van der Waals surface area contributed by atoms with E-state index < -0.39 is 42.8 Å². The van der Waals surface area contributed by atoms with E-state index in [2.05, 4.69) is 0 Å². The van der Waals surface area contributed by atoms with Crippen molar-refractivity contribution in [2.45, 2.75) is 37.3 Å². The van der Waals surface area contributed by atoms with Gasteiger partial charge in [-0.1, -0.05) is 0 Å². The molecule has 1 amide bonds. The van der Waals surface area contributed by atoms with E-state index >= 15 is 0 Å². The molecule has 0 aliphatic carbocycles. The van der Waals surface area contributed by atoms with Gasteiger partial charge < -0.3 is 35.6 Å². The fourth-order valence-corrected chi connectivity index (χ4v) is 1.51. The summed E-state index contributed by atoms with van der Waals surface area (Å²) in [6, 6.07) is 0. The van der Waals surface area contributed by atoms with Crippen LogP contribution in [0, 0.1) is 0 Å². The summed E-state index contributed by atoms with van der Waals surface area (Å²) < 4.78 is 4.74. The van der Waals surface area contributed by atoms with Crippen molar-refractivity contribution in [2.24, 2.45) is 0 Å². The first-order chi connectivity index (χ1) is 7.31. The SMILES string of the molecule is CC(=O)NC1(O)O[C@H](CO)[C@H](O)[C@H](O)[C@H]1O. The molecule has 1 aliphatic rings. The molecule has 1 aliphatic heterocycles. The van der Waals surface area contributed by atoms with Gasteiger partial charge in [0.2, 0.25) is 5.91 Å². The zero-order valence-corrected chi connectivity index (χ0v) is 8.57. The zero-order valence-electron chi connectivity index (χ0n) is 8.57. The van der Waals surface area contributed by atoms with Crippen LogP contribution < -0.4 is 5.32 Å². The Kier molecular flexibility index (Phi) is 3.84. The summed E-state index contributed by atoms with van der Waals surface area (Å²) in [6.07, 6.45) is -6.54. The van der Waals surface area contributed by atoms with E-state index in [1.165, 1.54) is 0 Å². The fraction of sp³-hybridized carbons (Fsp3) is 0.875. The van der Waals surface area contributed by atoms with Crippen LogP contribution in [-0.2, 0) is 9.53 Å². The first-order valence-corrected chi connectivity index (χ1v) is 4.66. The highest BCUT2D eigenvalue weighted by Crippen LogP contribution is 2.26. The smallest absolute Gasteiger partial charge is 0.279 e. The Bertz CT molecular complexity index is 271. The summed E-state index contributed by atoms with van der Waals surface area (Å²) >= 11 is 0. The molecular formula is C8H15NO7. The molecule has 1 unspecified atom stereocenters. The van der Waals surface area contributed by atoms with Gasteiger partial charge >= 0.3 is 0 Å². The van der Waals surface area contributed by atoms with Crippen molar-refractivity contribution >= 4 is 5.91 Å². The van der Waals surface area contributed by atoms with E-state index in [0.717, 1.165) is 6.92 Å². The highest BCUT2D eigenvalue weighted by atomic mass is 16.7. The summed E-state index contributed by atoms with van der Waals surface area (Å²) in [5, 5.41) is 48.6. The first kappa shape index (κ1) is 13.3. The molecule has 8 heteroatoms. The number of aliphatic hydroxyl groups excluding tert-OH is 4. The third kappa shape index (κ3) is 2.32. The van der Waals surface area contributed by atoms with Crippen LogP contribution in [-0.4, -0.2) is 68.4 Å². The zero-order chi connectivity index (χ0) is 12.5. The van der Waals surface area contributed by atoms with Gasteiger partial charge in [0, 0.05) is 6.92 Å². The summed E-state index contributed by atoms with van der Waals surface area (Å²) in [7, 11) is 0. The number of hydrogen-bond donors (Lipinski definition) is 6. The van der Waals surface area contributed by atoms with Crippen molar-refractivity contribution in [3.63, 3.8) is 0 Å². The van der Waals surface area contributed by atoms with Crippen molar-refractivity contribution in [2.75, 3.05) is 6.61 Å². The Balaban J connectivity index is 2.89. The standard InChI is InChI=1S/C8H15NO7/c1-3(11)9-8(15)7(14)6(13)5(12)4(2-10)16-8/h4-7,10,12-15H,2H2,1H3,(H,9,11)/t4-,5+,6+,7-,8?/m1/s1. The lowest BCUT2D eigenvalue weighted by atomic mass is 9.96. The number of nitrogens with one attached hydrogen (secondary N) is 1. The maximum atomic E-state index is 10.8. The second kappa shape index (κ2) is 4.62. The van der Waals surface area contributed by atoms with Crippen LogP contribution in [0.4, 0.5) is 0 Å². The van der Waals surface area contributed by atoms with Crippen molar-refractivity contribution in [1.29, 1.82) is 0 Å². The largest absolute Gasteiger partial charge is 0.394 e. The second-order valence-electron chi connectivity index (χ2n) is 3.64. The Morgan fingerprint density at radius 2 is 1.94 bits per heavy atom. The molecule has 8 nitrogen and oxygen atoms in total. The minimum atomic E-state index is -2.53. The van der Waals surface area contributed by atoms with E-state index in [0.29, 0.717) is 0 Å². The van der Waals surface area contributed by atoms with Crippen LogP contribution >= 0.6 is 0 Å². The van der Waals surface area contributed by atoms with Crippen molar-refractivity contribution < 1.29 is 35.1 Å². The number of carbonyl (C=O) groups excluding carboxylic acids is 1. The molecule has 6 N–H and O–H groups in total. The van der Waals surface area contributed by atoms with E-state index in [-0.39, 0.29) is 0 Å². The average Bonchev–Trinajstić information content (AvgIpc) is 2.20. The van der Waals surface area contributed by atoms with Gasteiger partial charge in [-0.15, -0.1) is 0 Å². The summed E-state index contributed by atoms with van der Waals surface area (Å²) in [6.45, 7) is 0.381. The van der Waals surface area contributed by atoms with Crippen LogP contribution in [0.15, 0.2) is 0 Å². The molecule has 5 atom stereocenters. The average molecular weight is 237 g/mol. The minimum Gasteiger partial charge on any atom is -0.394 e. The van der Waals surface area contributed by atoms with E-state index in [1.54, 1.807) is 0 Å². The van der Waals surface area contributed by atoms with Crippen LogP contribution in [0.2, 0.25) is 0 Å². The summed E-state index contributed by atoms with van der Waals surface area (Å²) in [5.74, 6) is -3.24. The molecule has 0 aromatic carbocycles. The number of carbonyl (C=O) groups is 1. The molecule has 1 saturated heterocycles. The lowest BCUT2D eigenvalue weighted by Gasteiger charge is -2.44. The van der Waals surface area contributed by atoms with Crippen LogP contribution in [0.3, 0.4) is 0 Å². The first-order valence-electron chi connectivity index (χ1n) is 4.66. The topological polar surface area (TPSA) is 139 Å². The van der Waals surface area contributed by atoms with Crippen molar-refractivity contribution in [3.05, 3.63) is 0 Å². The van der Waals surface area contributed by atoms with Gasteiger partial charge in [0.05, 0.1) is 6.61 Å². The number of aliphatic hydroxyl groups is 5. The molecule has 0 aromatic rings. The molecule has 0 spiro atoms. The highest BCUT2D eigenvalue weighted by molar-refractivity contribution is 5.73. The van der Waals surface area contributed by atoms with Gasteiger partial charge in [0.1, 0.15) is 18.3 Å². The normalized spacial score (nSPS) is 44.1. The molecule has 1 fully saturated rings. The van der Waals surface area contributed by atoms with Crippen LogP contribution in [0.25, 0.3) is 0 Å². The van der Waals surface area contributed by atoms with Crippen LogP contribution in [0.5, 0.6) is 0 Å². The molecule has 0 bridgehead atoms. The molecule has 16 heavy (non-hydrogen) atoms. The van der Waals surface area contributed by atoms with E-state index in [1.807, 2.05) is 5.32 Å². The van der Waals surface area contributed by atoms with Gasteiger partial charge in [-0.25, -0.2) is 0 Å². The lowest BCUT2D eigenvalue weighted by molar-refractivity contribution is -0.358. The number of hydrogen-bond acceptors (Lipinski definition) is 7. The molecular weight excluding hydrogens is 222 g/mol. The predicted molar refractivity (Wildman–Crippen MR) is 48.7 cm³/mol. The van der Waals surface area contributed by atoms with E-state index in [4.69, 9.17) is 9.84 Å². The van der Waals surface area contributed by atoms with Gasteiger partial charge in [0.25, 0.3) is 5.91 Å². The number of ether oxygens (including phenoxy) is 1. The monoisotopic (exact) mass is 237 g/mol. The maximum Gasteiger partial charge on any atom is 0.279 e.